The van der Waals surface area contributed by atoms with Crippen molar-refractivity contribution in [3.05, 3.63) is 117 Å². The summed E-state index contributed by atoms with van der Waals surface area (Å²) >= 11 is 0. The molecule has 0 unspecified atom stereocenters. The van der Waals surface area contributed by atoms with Crippen LogP contribution in [-0.4, -0.2) is 11.1 Å². The molecular formula is C22H12O2. The molecule has 0 aromatic rings. The quantitative estimate of drug-likeness (QED) is 0.480. The normalized spacial score (nSPS) is 7.71. The van der Waals surface area contributed by atoms with Gasteiger partial charge in [0.25, 0.3) is 0 Å². The van der Waals surface area contributed by atoms with Crippen LogP contribution in [0.2, 0.25) is 0 Å². The number of aliphatic carboxylic acids is 1. The van der Waals surface area contributed by atoms with Crippen molar-refractivity contribution in [3.63, 3.8) is 0 Å². The van der Waals surface area contributed by atoms with Crippen LogP contribution in [0.1, 0.15) is 6.92 Å². The lowest BCUT2D eigenvalue weighted by Crippen LogP contribution is -1.82. The van der Waals surface area contributed by atoms with E-state index in [4.69, 9.17) is 5.11 Å². The molecule has 2 heteroatoms. The second kappa shape index (κ2) is 16.8. The molecule has 0 aliphatic rings. The summed E-state index contributed by atoms with van der Waals surface area (Å²) in [7, 11) is 0. The second-order valence-corrected chi connectivity index (χ2v) is 3.48. The Labute approximate surface area is 140 Å². The SMILES string of the molecule is C/C=C/C=C/C=C/C=C=C=C=C=C=C=C=C=C=C=C=C=CC(=O)O. The third kappa shape index (κ3) is 17.8. The highest BCUT2D eigenvalue weighted by Crippen LogP contribution is 1.80. The molecule has 0 aliphatic heterocycles. The molecule has 0 bridgehead atoms. The van der Waals surface area contributed by atoms with Crippen molar-refractivity contribution in [1.82, 2.24) is 0 Å². The van der Waals surface area contributed by atoms with Gasteiger partial charge in [-0.05, 0) is 70.3 Å². The van der Waals surface area contributed by atoms with Gasteiger partial charge in [-0.1, -0.05) is 47.9 Å². The first-order valence-corrected chi connectivity index (χ1v) is 6.62. The Kier molecular flexibility index (Phi) is 13.9. The van der Waals surface area contributed by atoms with Gasteiger partial charge in [-0.3, -0.25) is 0 Å². The fourth-order valence-corrected chi connectivity index (χ4v) is 0.869. The summed E-state index contributed by atoms with van der Waals surface area (Å²) in [4.78, 5) is 10.1. The first kappa shape index (κ1) is 19.8. The maximum absolute atomic E-state index is 10.1. The Morgan fingerprint density at radius 1 is 0.667 bits per heavy atom. The topological polar surface area (TPSA) is 37.3 Å². The number of rotatable bonds is 4. The smallest absolute Gasteiger partial charge is 0.336 e. The van der Waals surface area contributed by atoms with Crippen molar-refractivity contribution < 1.29 is 9.90 Å². The van der Waals surface area contributed by atoms with Gasteiger partial charge in [0.1, 0.15) is 0 Å². The molecule has 112 valence electrons. The standard InChI is InChI=1S/C22H12O2/c1-2-3-4-5-6-7-8-9-10-11-12-13-14-15-16-17-18-19-20-21-22(23)24/h2-8,21H,1H3,(H,23,24)/b3-2+,5-4+,7-6+. The van der Waals surface area contributed by atoms with E-state index in [-0.39, 0.29) is 0 Å². The predicted molar refractivity (Wildman–Crippen MR) is 92.0 cm³/mol. The first-order valence-electron chi connectivity index (χ1n) is 6.62. The van der Waals surface area contributed by atoms with Crippen LogP contribution in [0.5, 0.6) is 0 Å². The Bertz CT molecular complexity index is 999. The summed E-state index contributed by atoms with van der Waals surface area (Å²) < 4.78 is 0. The zero-order valence-electron chi connectivity index (χ0n) is 13.0. The number of hydrogen-bond donors (Lipinski definition) is 1. The van der Waals surface area contributed by atoms with Crippen molar-refractivity contribution in [3.8, 4) is 0 Å². The fourth-order valence-electron chi connectivity index (χ4n) is 0.869. The summed E-state index contributed by atoms with van der Waals surface area (Å²) in [5, 5.41) is 8.27. The highest BCUT2D eigenvalue weighted by atomic mass is 16.4. The Morgan fingerprint density at radius 2 is 1.12 bits per heavy atom. The lowest BCUT2D eigenvalue weighted by molar-refractivity contribution is -0.131. The van der Waals surface area contributed by atoms with E-state index in [1.54, 1.807) is 6.08 Å². The van der Waals surface area contributed by atoms with Crippen LogP contribution in [0.4, 0.5) is 0 Å². The maximum Gasteiger partial charge on any atom is 0.336 e. The molecule has 24 heavy (non-hydrogen) atoms. The van der Waals surface area contributed by atoms with Gasteiger partial charge in [0.05, 0.1) is 6.08 Å². The van der Waals surface area contributed by atoms with E-state index in [9.17, 15) is 4.79 Å². The average Bonchev–Trinajstić information content (AvgIpc) is 2.56. The minimum atomic E-state index is -1.11. The van der Waals surface area contributed by atoms with E-state index in [0.717, 1.165) is 6.08 Å². The van der Waals surface area contributed by atoms with Crippen molar-refractivity contribution in [2.24, 2.45) is 0 Å². The molecule has 0 aromatic heterocycles. The number of carboxylic acid groups (broad SMARTS) is 1. The summed E-state index contributed by atoms with van der Waals surface area (Å²) in [5.41, 5.74) is 29.6. The highest BCUT2D eigenvalue weighted by molar-refractivity contribution is 5.79. The van der Waals surface area contributed by atoms with Crippen LogP contribution in [0.15, 0.2) is 117 Å². The van der Waals surface area contributed by atoms with Crippen LogP contribution >= 0.6 is 0 Å². The van der Waals surface area contributed by atoms with Gasteiger partial charge >= 0.3 is 5.97 Å². The van der Waals surface area contributed by atoms with Gasteiger partial charge < -0.3 is 5.11 Å². The van der Waals surface area contributed by atoms with Gasteiger partial charge in [0, 0.05) is 0 Å². The van der Waals surface area contributed by atoms with Crippen LogP contribution in [0, 0.1) is 0 Å². The summed E-state index contributed by atoms with van der Waals surface area (Å²) in [6, 6.07) is 0. The van der Waals surface area contributed by atoms with E-state index in [1.807, 2.05) is 43.4 Å². The van der Waals surface area contributed by atoms with Gasteiger partial charge in [-0.15, -0.1) is 0 Å². The van der Waals surface area contributed by atoms with E-state index < -0.39 is 5.97 Å². The molecule has 0 aliphatic carbocycles. The lowest BCUT2D eigenvalue weighted by atomic mass is 10.4. The summed E-state index contributed by atoms with van der Waals surface area (Å²) in [6.45, 7) is 1.95. The van der Waals surface area contributed by atoms with E-state index in [2.05, 4.69) is 68.8 Å². The third-order valence-corrected chi connectivity index (χ3v) is 1.72. The van der Waals surface area contributed by atoms with E-state index in [1.165, 1.54) is 0 Å². The molecule has 0 saturated carbocycles. The zero-order valence-corrected chi connectivity index (χ0v) is 13.0. The largest absolute Gasteiger partial charge is 0.478 e. The molecule has 0 heterocycles. The number of carbonyl (C=O) groups is 1. The third-order valence-electron chi connectivity index (χ3n) is 1.72. The van der Waals surface area contributed by atoms with Crippen molar-refractivity contribution in [1.29, 1.82) is 0 Å². The van der Waals surface area contributed by atoms with Crippen molar-refractivity contribution >= 4 is 5.97 Å². The molecule has 0 aromatic carbocycles. The molecule has 0 spiro atoms. The zero-order chi connectivity index (χ0) is 17.7. The van der Waals surface area contributed by atoms with Crippen molar-refractivity contribution in [2.45, 2.75) is 6.92 Å². The van der Waals surface area contributed by atoms with Crippen LogP contribution < -0.4 is 0 Å². The molecule has 0 amide bonds. The molecule has 0 rings (SSSR count). The van der Waals surface area contributed by atoms with E-state index in [0.29, 0.717) is 0 Å². The predicted octanol–water partition coefficient (Wildman–Crippen LogP) is 4.18. The molecule has 0 atom stereocenters. The van der Waals surface area contributed by atoms with Crippen LogP contribution in [0.25, 0.3) is 0 Å². The minimum Gasteiger partial charge on any atom is -0.478 e. The number of allylic oxidation sites excluding steroid dienone is 7. The summed E-state index contributed by atoms with van der Waals surface area (Å²) in [6.07, 6.45) is 13.8. The number of carboxylic acids is 1. The Morgan fingerprint density at radius 3 is 1.67 bits per heavy atom. The molecule has 0 fully saturated rings. The second-order valence-electron chi connectivity index (χ2n) is 3.48. The molecule has 1 N–H and O–H groups in total. The van der Waals surface area contributed by atoms with Gasteiger partial charge in [-0.2, -0.15) is 0 Å². The monoisotopic (exact) mass is 308 g/mol. The maximum atomic E-state index is 10.1. The lowest BCUT2D eigenvalue weighted by Gasteiger charge is -1.69. The van der Waals surface area contributed by atoms with Crippen LogP contribution in [0.3, 0.4) is 0 Å². The Balaban J connectivity index is 5.14. The van der Waals surface area contributed by atoms with Gasteiger partial charge in [0.15, 0.2) is 0 Å². The minimum absolute atomic E-state index is 0.798. The van der Waals surface area contributed by atoms with E-state index >= 15 is 0 Å². The summed E-state index contributed by atoms with van der Waals surface area (Å²) in [5.74, 6) is -1.11. The molecule has 2 nitrogen and oxygen atoms in total. The average molecular weight is 308 g/mol. The van der Waals surface area contributed by atoms with Gasteiger partial charge in [-0.25, -0.2) is 4.79 Å². The highest BCUT2D eigenvalue weighted by Gasteiger charge is 1.77. The Hall–Kier alpha value is -4.21. The molecule has 0 saturated heterocycles. The molecule has 0 radical (unpaired) electrons. The van der Waals surface area contributed by atoms with Crippen molar-refractivity contribution in [2.75, 3.05) is 0 Å². The fraction of sp³-hybridized carbons (Fsp3) is 0.0455. The molecular weight excluding hydrogens is 296 g/mol. The number of hydrogen-bond acceptors (Lipinski definition) is 1. The van der Waals surface area contributed by atoms with Gasteiger partial charge in [0.2, 0.25) is 0 Å². The van der Waals surface area contributed by atoms with Crippen LogP contribution in [-0.2, 0) is 4.79 Å². The first-order chi connectivity index (χ1) is 11.8.